The summed E-state index contributed by atoms with van der Waals surface area (Å²) in [5.41, 5.74) is -5.60. The van der Waals surface area contributed by atoms with Gasteiger partial charge in [-0.05, 0) is 67.8 Å². The van der Waals surface area contributed by atoms with Crippen molar-refractivity contribution < 1.29 is 60.1 Å². The van der Waals surface area contributed by atoms with Gasteiger partial charge in [0.05, 0.1) is 27.6 Å². The number of hydrogen-bond donors (Lipinski definition) is 2. The van der Waals surface area contributed by atoms with Crippen LogP contribution in [0.4, 0.5) is 37.7 Å². The van der Waals surface area contributed by atoms with Gasteiger partial charge in [-0.25, -0.2) is 9.59 Å². The molecule has 9 nitrogen and oxygen atoms in total. The van der Waals surface area contributed by atoms with Crippen molar-refractivity contribution in [3.8, 4) is 0 Å². The number of ether oxygens (including phenoxy) is 2. The predicted octanol–water partition coefficient (Wildman–Crippen LogP) is 4.00. The lowest BCUT2D eigenvalue weighted by atomic mass is 10.0. The Morgan fingerprint density at radius 2 is 1.36 bits per heavy atom. The van der Waals surface area contributed by atoms with Gasteiger partial charge in [0.2, 0.25) is 11.8 Å². The average Bonchev–Trinajstić information content (AvgIpc) is 2.71. The Balaban J connectivity index is 3.22. The molecule has 18 heteroatoms. The van der Waals surface area contributed by atoms with Crippen molar-refractivity contribution in [3.63, 3.8) is 0 Å². The summed E-state index contributed by atoms with van der Waals surface area (Å²) in [6.07, 6.45) is -12.8. The lowest BCUT2D eigenvalue weighted by Crippen LogP contribution is -2.63. The average molecular weight is 866 g/mol. The highest BCUT2D eigenvalue weighted by Crippen LogP contribution is 2.44. The van der Waals surface area contributed by atoms with E-state index in [0.29, 0.717) is 3.57 Å². The number of amides is 2. The van der Waals surface area contributed by atoms with Crippen molar-refractivity contribution in [3.05, 3.63) is 16.3 Å². The molecule has 0 unspecified atom stereocenters. The number of rotatable bonds is 7. The number of nitrogens with one attached hydrogen (secondary N) is 1. The van der Waals surface area contributed by atoms with Crippen LogP contribution in [0.2, 0.25) is 0 Å². The van der Waals surface area contributed by atoms with Gasteiger partial charge in [0.1, 0.15) is 13.2 Å². The summed E-state index contributed by atoms with van der Waals surface area (Å²) in [7, 11) is 1.39. The first-order chi connectivity index (χ1) is 16.2. The number of hydrogen-bond acceptors (Lipinski definition) is 7. The number of benzene rings is 1. The fourth-order valence-electron chi connectivity index (χ4n) is 2.41. The van der Waals surface area contributed by atoms with Crippen molar-refractivity contribution in [1.29, 1.82) is 0 Å². The Morgan fingerprint density at radius 1 is 0.889 bits per heavy atom. The number of carbonyl (C=O) groups excluding carboxylic acids is 4. The maximum Gasteiger partial charge on any atom is 0.437 e. The Morgan fingerprint density at radius 3 is 1.78 bits per heavy atom. The molecule has 0 fully saturated rings. The van der Waals surface area contributed by atoms with Crippen LogP contribution in [-0.2, 0) is 23.9 Å². The fourth-order valence-corrected chi connectivity index (χ4v) is 7.01. The zero-order valence-electron chi connectivity index (χ0n) is 18.2. The number of nitrogens with zero attached hydrogens (tertiary/aromatic N) is 1. The highest BCUT2D eigenvalue weighted by molar-refractivity contribution is 14.1. The second-order valence-electron chi connectivity index (χ2n) is 6.78. The number of esters is 2. The van der Waals surface area contributed by atoms with Crippen molar-refractivity contribution in [2.75, 3.05) is 30.5 Å². The second-order valence-corrected chi connectivity index (χ2v) is 10.0. The normalized spacial score (nSPS) is 12.1. The van der Waals surface area contributed by atoms with E-state index >= 15 is 0 Å². The third-order valence-electron chi connectivity index (χ3n) is 4.27. The number of aliphatic hydroxyl groups is 1. The van der Waals surface area contributed by atoms with E-state index in [4.69, 9.17) is 9.84 Å². The number of carbonyl (C=O) groups is 4. The first kappa shape index (κ1) is 32.9. The van der Waals surface area contributed by atoms with E-state index in [1.807, 2.05) is 22.6 Å². The van der Waals surface area contributed by atoms with Gasteiger partial charge in [-0.15, -0.1) is 0 Å². The smallest absolute Gasteiger partial charge is 0.437 e. The Labute approximate surface area is 240 Å². The van der Waals surface area contributed by atoms with Crippen LogP contribution >= 0.6 is 67.8 Å². The first-order valence-corrected chi connectivity index (χ1v) is 12.4. The Kier molecular flexibility index (Phi) is 11.1. The van der Waals surface area contributed by atoms with Crippen LogP contribution in [0.25, 0.3) is 0 Å². The van der Waals surface area contributed by atoms with Crippen LogP contribution in [0.3, 0.4) is 0 Å². The van der Waals surface area contributed by atoms with Gasteiger partial charge >= 0.3 is 29.9 Å². The summed E-state index contributed by atoms with van der Waals surface area (Å²) < 4.78 is 85.6. The van der Waals surface area contributed by atoms with Gasteiger partial charge in [-0.2, -0.15) is 26.3 Å². The maximum absolute atomic E-state index is 12.7. The molecule has 0 saturated heterocycles. The molecule has 0 spiro atoms. The molecule has 1 aromatic rings. The molecule has 36 heavy (non-hydrogen) atoms. The second kappa shape index (κ2) is 12.1. The number of alkyl halides is 6. The topological polar surface area (TPSA) is 122 Å². The van der Waals surface area contributed by atoms with Crippen molar-refractivity contribution in [2.45, 2.75) is 31.8 Å². The summed E-state index contributed by atoms with van der Waals surface area (Å²) in [5, 5.41) is 11.5. The molecule has 2 amide bonds. The van der Waals surface area contributed by atoms with Gasteiger partial charge in [0, 0.05) is 20.9 Å². The molecule has 0 aliphatic carbocycles. The fraction of sp³-hybridized carbons (Fsp3) is 0.444. The third-order valence-corrected chi connectivity index (χ3v) is 7.45. The molecule has 0 atom stereocenters. The molecule has 0 aliphatic rings. The zero-order chi connectivity index (χ0) is 28.4. The number of halogens is 9. The van der Waals surface area contributed by atoms with Crippen molar-refractivity contribution in [2.24, 2.45) is 0 Å². The van der Waals surface area contributed by atoms with Gasteiger partial charge in [-0.1, -0.05) is 0 Å². The minimum absolute atomic E-state index is 0.144. The summed E-state index contributed by atoms with van der Waals surface area (Å²) in [6, 6.07) is 0. The van der Waals surface area contributed by atoms with E-state index in [1.54, 1.807) is 45.2 Å². The molecule has 0 heterocycles. The van der Waals surface area contributed by atoms with Crippen LogP contribution in [-0.4, -0.2) is 67.1 Å². The Bertz CT molecular complexity index is 1060. The summed E-state index contributed by atoms with van der Waals surface area (Å²) in [4.78, 5) is 48.9. The molecule has 2 N–H and O–H groups in total. The molecule has 0 aromatic heterocycles. The largest absolute Gasteiger partial charge is 0.459 e. The minimum Gasteiger partial charge on any atom is -0.459 e. The predicted molar refractivity (Wildman–Crippen MR) is 136 cm³/mol. The van der Waals surface area contributed by atoms with Crippen LogP contribution in [0.5, 0.6) is 0 Å². The van der Waals surface area contributed by atoms with Gasteiger partial charge in [0.25, 0.3) is 0 Å². The van der Waals surface area contributed by atoms with E-state index in [1.165, 1.54) is 25.8 Å². The summed E-state index contributed by atoms with van der Waals surface area (Å²) in [5.74, 6) is -5.15. The highest BCUT2D eigenvalue weighted by Gasteiger charge is 2.76. The minimum atomic E-state index is -6.42. The molecule has 0 aliphatic heterocycles. The summed E-state index contributed by atoms with van der Waals surface area (Å²) in [6.45, 7) is 0.183. The highest BCUT2D eigenvalue weighted by atomic mass is 127. The van der Waals surface area contributed by atoms with Crippen molar-refractivity contribution >= 4 is 103 Å². The molecule has 1 aromatic carbocycles. The molecule has 202 valence electrons. The zero-order valence-corrected chi connectivity index (χ0v) is 24.6. The van der Waals surface area contributed by atoms with Crippen LogP contribution in [0.1, 0.15) is 24.2 Å². The van der Waals surface area contributed by atoms with E-state index in [-0.39, 0.29) is 24.1 Å². The molecule has 0 radical (unpaired) electrons. The molecular weight excluding hydrogens is 851 g/mol. The van der Waals surface area contributed by atoms with Crippen LogP contribution < -0.4 is 10.2 Å². The SMILES string of the molecule is CC(=O)Nc1c(I)c(C(=O)OCCOC(=O)C(O)(C(F)(F)F)C(F)(F)F)c(I)c(N(C)C(C)=O)c1I. The molecule has 1 rings (SSSR count). The first-order valence-electron chi connectivity index (χ1n) is 9.12. The van der Waals surface area contributed by atoms with E-state index < -0.39 is 54.9 Å². The molecule has 0 saturated carbocycles. The monoisotopic (exact) mass is 866 g/mol. The van der Waals surface area contributed by atoms with E-state index in [2.05, 4.69) is 10.1 Å². The lowest BCUT2D eigenvalue weighted by Gasteiger charge is -2.29. The van der Waals surface area contributed by atoms with Gasteiger partial charge in [0.15, 0.2) is 0 Å². The quantitative estimate of drug-likeness (QED) is 0.184. The van der Waals surface area contributed by atoms with Crippen LogP contribution in [0, 0.1) is 10.7 Å². The Hall–Kier alpha value is -1.17. The number of anilines is 2. The summed E-state index contributed by atoms with van der Waals surface area (Å²) >= 11 is 5.26. The standard InChI is InChI=1S/C18H15F6I3N2O7/c1-6(30)28-12-9(25)8(10(26)13(11(12)27)29(3)7(2)31)14(32)35-4-5-36-15(33)16(34,17(19,20)21)18(22,23)24/h34H,4-5H2,1-3H3,(H,28,30). The van der Waals surface area contributed by atoms with E-state index in [0.717, 1.165) is 0 Å². The van der Waals surface area contributed by atoms with Crippen molar-refractivity contribution in [1.82, 2.24) is 0 Å². The third kappa shape index (κ3) is 6.82. The molecular formula is C18H15F6I3N2O7. The lowest BCUT2D eigenvalue weighted by molar-refractivity contribution is -0.357. The maximum atomic E-state index is 12.7. The van der Waals surface area contributed by atoms with Crippen LogP contribution in [0.15, 0.2) is 0 Å². The molecule has 0 bridgehead atoms. The van der Waals surface area contributed by atoms with Gasteiger partial charge < -0.3 is 24.8 Å². The van der Waals surface area contributed by atoms with Gasteiger partial charge in [-0.3, -0.25) is 9.59 Å². The van der Waals surface area contributed by atoms with E-state index in [9.17, 15) is 45.5 Å².